The van der Waals surface area contributed by atoms with Crippen LogP contribution in [-0.2, 0) is 14.3 Å². The van der Waals surface area contributed by atoms with Crippen molar-refractivity contribution >= 4 is 34.9 Å². The first-order valence-corrected chi connectivity index (χ1v) is 7.35. The van der Waals surface area contributed by atoms with E-state index in [0.29, 0.717) is 11.8 Å². The van der Waals surface area contributed by atoms with Crippen LogP contribution in [0.25, 0.3) is 0 Å². The molecule has 0 fully saturated rings. The summed E-state index contributed by atoms with van der Waals surface area (Å²) in [6, 6.07) is 4.76. The van der Waals surface area contributed by atoms with Crippen LogP contribution < -0.4 is 10.1 Å². The summed E-state index contributed by atoms with van der Waals surface area (Å²) >= 11 is 0.569. The summed E-state index contributed by atoms with van der Waals surface area (Å²) < 4.78 is 9.59. The molecule has 0 aromatic heterocycles. The van der Waals surface area contributed by atoms with Crippen LogP contribution >= 0.6 is 11.8 Å². The number of para-hydroxylation sites is 1. The van der Waals surface area contributed by atoms with Crippen molar-refractivity contribution in [3.63, 3.8) is 0 Å². The molecule has 9 heteroatoms. The number of amides is 1. The number of hydrogen-bond donors (Lipinski definition) is 2. The molecule has 2 N–H and O–H groups in total. The zero-order valence-electron chi connectivity index (χ0n) is 12.4. The van der Waals surface area contributed by atoms with Gasteiger partial charge in [0, 0.05) is 12.7 Å². The molecule has 1 atom stereocenters. The van der Waals surface area contributed by atoms with Crippen molar-refractivity contribution in [3.05, 3.63) is 29.8 Å². The van der Waals surface area contributed by atoms with Crippen molar-refractivity contribution in [3.8, 4) is 5.75 Å². The highest BCUT2D eigenvalue weighted by Gasteiger charge is 2.22. The van der Waals surface area contributed by atoms with E-state index in [0.717, 1.165) is 0 Å². The van der Waals surface area contributed by atoms with E-state index in [4.69, 9.17) is 9.84 Å². The number of carboxylic acids is 1. The predicted octanol–water partition coefficient (Wildman–Crippen LogP) is 1.29. The molecule has 0 aliphatic rings. The van der Waals surface area contributed by atoms with Gasteiger partial charge in [0.05, 0.1) is 7.11 Å². The molecule has 1 aromatic rings. The van der Waals surface area contributed by atoms with E-state index in [2.05, 4.69) is 10.1 Å². The van der Waals surface area contributed by atoms with Gasteiger partial charge in [-0.1, -0.05) is 12.1 Å². The Kier molecular flexibility index (Phi) is 7.07. The van der Waals surface area contributed by atoms with Crippen LogP contribution in [0.3, 0.4) is 0 Å². The van der Waals surface area contributed by atoms with Crippen molar-refractivity contribution in [2.24, 2.45) is 0 Å². The summed E-state index contributed by atoms with van der Waals surface area (Å²) in [6.45, 7) is 1.17. The van der Waals surface area contributed by atoms with E-state index >= 15 is 0 Å². The minimum Gasteiger partial charge on any atom is -0.480 e. The number of carboxylic acid groups (broad SMARTS) is 1. The fourth-order valence-corrected chi connectivity index (χ4v) is 2.20. The van der Waals surface area contributed by atoms with Crippen LogP contribution in [0.2, 0.25) is 0 Å². The average Bonchev–Trinajstić information content (AvgIpc) is 2.50. The lowest BCUT2D eigenvalue weighted by molar-refractivity contribution is -0.140. The lowest BCUT2D eigenvalue weighted by Gasteiger charge is -2.12. The molecule has 0 saturated heterocycles. The smallest absolute Gasteiger partial charge is 0.372 e. The second-order valence-electron chi connectivity index (χ2n) is 4.24. The Bertz CT molecular complexity index is 617. The Morgan fingerprint density at radius 1 is 1.26 bits per heavy atom. The Balaban J connectivity index is 2.68. The quantitative estimate of drug-likeness (QED) is 0.743. The van der Waals surface area contributed by atoms with Crippen molar-refractivity contribution in [1.82, 2.24) is 5.32 Å². The molecule has 1 rings (SSSR count). The normalized spacial score (nSPS) is 11.2. The van der Waals surface area contributed by atoms with Crippen molar-refractivity contribution < 1.29 is 33.8 Å². The van der Waals surface area contributed by atoms with Gasteiger partial charge in [-0.25, -0.2) is 14.4 Å². The summed E-state index contributed by atoms with van der Waals surface area (Å²) in [5.41, 5.74) is 0.0700. The van der Waals surface area contributed by atoms with Gasteiger partial charge in [0.25, 0.3) is 0 Å². The summed E-state index contributed by atoms with van der Waals surface area (Å²) in [4.78, 5) is 45.2. The van der Waals surface area contributed by atoms with Crippen LogP contribution in [-0.4, -0.2) is 47.2 Å². The molecule has 0 saturated carbocycles. The molecule has 0 spiro atoms. The molecule has 0 heterocycles. The fourth-order valence-electron chi connectivity index (χ4n) is 1.52. The number of aliphatic carboxylic acids is 1. The monoisotopic (exact) mass is 341 g/mol. The predicted molar refractivity (Wildman–Crippen MR) is 81.5 cm³/mol. The maximum absolute atomic E-state index is 11.8. The number of carbonyl (C=O) groups is 4. The Morgan fingerprint density at radius 3 is 2.48 bits per heavy atom. The lowest BCUT2D eigenvalue weighted by atomic mass is 10.2. The maximum atomic E-state index is 11.8. The average molecular weight is 341 g/mol. The largest absolute Gasteiger partial charge is 0.480 e. The zero-order chi connectivity index (χ0) is 17.4. The van der Waals surface area contributed by atoms with E-state index in [1.54, 1.807) is 12.1 Å². The van der Waals surface area contributed by atoms with Crippen LogP contribution in [0.15, 0.2) is 24.3 Å². The summed E-state index contributed by atoms with van der Waals surface area (Å²) in [5, 5.41) is 10.3. The number of ether oxygens (including phenoxy) is 2. The Hall–Kier alpha value is -2.55. The number of nitrogens with one attached hydrogen (secondary N) is 1. The van der Waals surface area contributed by atoms with Gasteiger partial charge >= 0.3 is 17.2 Å². The number of rotatable bonds is 6. The van der Waals surface area contributed by atoms with Gasteiger partial charge in [0.2, 0.25) is 5.91 Å². The van der Waals surface area contributed by atoms with E-state index in [9.17, 15) is 19.2 Å². The minimum atomic E-state index is -1.27. The molecule has 1 unspecified atom stereocenters. The highest BCUT2D eigenvalue weighted by atomic mass is 32.2. The highest BCUT2D eigenvalue weighted by molar-refractivity contribution is 8.13. The van der Waals surface area contributed by atoms with Crippen LogP contribution in [0, 0.1) is 0 Å². The van der Waals surface area contributed by atoms with Gasteiger partial charge in [-0.05, 0) is 23.9 Å². The van der Waals surface area contributed by atoms with Crippen LogP contribution in [0.5, 0.6) is 5.75 Å². The van der Waals surface area contributed by atoms with Gasteiger partial charge in [0.15, 0.2) is 0 Å². The van der Waals surface area contributed by atoms with Crippen LogP contribution in [0.4, 0.5) is 4.79 Å². The highest BCUT2D eigenvalue weighted by Crippen LogP contribution is 2.21. The summed E-state index contributed by atoms with van der Waals surface area (Å²) in [7, 11) is 1.20. The van der Waals surface area contributed by atoms with Gasteiger partial charge in [0.1, 0.15) is 17.4 Å². The molecular formula is C14H15NO7S. The molecule has 0 bridgehead atoms. The molecule has 1 aromatic carbocycles. The SMILES string of the molecule is COC(=O)c1ccccc1OC(=O)SCC(NC(C)=O)C(=O)O. The summed E-state index contributed by atoms with van der Waals surface area (Å²) in [5.74, 6) is -2.67. The molecule has 23 heavy (non-hydrogen) atoms. The Morgan fingerprint density at radius 2 is 1.91 bits per heavy atom. The summed E-state index contributed by atoms with van der Waals surface area (Å²) in [6.07, 6.45) is 0. The zero-order valence-corrected chi connectivity index (χ0v) is 13.2. The second kappa shape index (κ2) is 8.79. The van der Waals surface area contributed by atoms with E-state index < -0.39 is 29.2 Å². The maximum Gasteiger partial charge on any atom is 0.372 e. The molecule has 124 valence electrons. The third-order valence-electron chi connectivity index (χ3n) is 2.53. The first-order valence-electron chi connectivity index (χ1n) is 6.37. The number of esters is 1. The molecule has 0 radical (unpaired) electrons. The van der Waals surface area contributed by atoms with Crippen molar-refractivity contribution in [2.45, 2.75) is 13.0 Å². The van der Waals surface area contributed by atoms with Gasteiger partial charge in [-0.15, -0.1) is 0 Å². The molecule has 1 amide bonds. The van der Waals surface area contributed by atoms with Gasteiger partial charge in [-0.2, -0.15) is 0 Å². The Labute approximate surface area is 136 Å². The topological polar surface area (TPSA) is 119 Å². The molecule has 0 aliphatic carbocycles. The van der Waals surface area contributed by atoms with E-state index in [1.165, 1.54) is 26.2 Å². The minimum absolute atomic E-state index is 0.00301. The number of hydrogen-bond acceptors (Lipinski definition) is 7. The number of thioether (sulfide) groups is 1. The molecule has 8 nitrogen and oxygen atoms in total. The van der Waals surface area contributed by atoms with E-state index in [-0.39, 0.29) is 17.1 Å². The number of benzene rings is 1. The lowest BCUT2D eigenvalue weighted by Crippen LogP contribution is -2.41. The molecular weight excluding hydrogens is 326 g/mol. The first-order chi connectivity index (χ1) is 10.8. The first kappa shape index (κ1) is 18.5. The third-order valence-corrected chi connectivity index (χ3v) is 3.35. The van der Waals surface area contributed by atoms with Crippen molar-refractivity contribution in [2.75, 3.05) is 12.9 Å². The standard InChI is InChI=1S/C14H15NO7S/c1-8(16)15-10(12(17)18)7-23-14(20)22-11-6-4-3-5-9(11)13(19)21-2/h3-6,10H,7H2,1-2H3,(H,15,16)(H,17,18). The number of carbonyl (C=O) groups excluding carboxylic acids is 3. The van der Waals surface area contributed by atoms with Crippen LogP contribution in [0.1, 0.15) is 17.3 Å². The third kappa shape index (κ3) is 5.99. The van der Waals surface area contributed by atoms with E-state index in [1.807, 2.05) is 0 Å². The van der Waals surface area contributed by atoms with Crippen molar-refractivity contribution in [1.29, 1.82) is 0 Å². The van der Waals surface area contributed by atoms with Gasteiger partial charge in [-0.3, -0.25) is 4.79 Å². The fraction of sp³-hybridized carbons (Fsp3) is 0.286. The van der Waals surface area contributed by atoms with Gasteiger partial charge < -0.3 is 19.9 Å². The second-order valence-corrected chi connectivity index (χ2v) is 5.20. The number of methoxy groups -OCH3 is 1. The molecule has 0 aliphatic heterocycles.